The SMILES string of the molecule is CCCCS(=O)(=O)Cc1ccc(Cl)cc1N. The molecule has 0 aliphatic rings. The molecule has 0 unspecified atom stereocenters. The van der Waals surface area contributed by atoms with E-state index in [2.05, 4.69) is 0 Å². The Morgan fingerprint density at radius 3 is 2.62 bits per heavy atom. The van der Waals surface area contributed by atoms with Crippen molar-refractivity contribution in [3.05, 3.63) is 28.8 Å². The van der Waals surface area contributed by atoms with Crippen molar-refractivity contribution in [3.63, 3.8) is 0 Å². The minimum atomic E-state index is -3.06. The van der Waals surface area contributed by atoms with Crippen LogP contribution in [0.1, 0.15) is 25.3 Å². The van der Waals surface area contributed by atoms with Crippen LogP contribution in [0.5, 0.6) is 0 Å². The second-order valence-corrected chi connectivity index (χ2v) is 6.41. The molecule has 1 aromatic rings. The summed E-state index contributed by atoms with van der Waals surface area (Å²) in [5, 5.41) is 0.521. The first-order chi connectivity index (χ1) is 7.44. The maximum Gasteiger partial charge on any atom is 0.154 e. The number of rotatable bonds is 5. The summed E-state index contributed by atoms with van der Waals surface area (Å²) in [4.78, 5) is 0. The molecule has 0 amide bonds. The van der Waals surface area contributed by atoms with Gasteiger partial charge in [0.15, 0.2) is 9.84 Å². The van der Waals surface area contributed by atoms with Crippen molar-refractivity contribution in [2.24, 2.45) is 0 Å². The van der Waals surface area contributed by atoms with E-state index in [4.69, 9.17) is 17.3 Å². The third-order valence-corrected chi connectivity index (χ3v) is 4.19. The number of sulfone groups is 1. The molecule has 1 aromatic carbocycles. The van der Waals surface area contributed by atoms with Crippen LogP contribution in [0.4, 0.5) is 5.69 Å². The van der Waals surface area contributed by atoms with Gasteiger partial charge in [0, 0.05) is 10.7 Å². The lowest BCUT2D eigenvalue weighted by Crippen LogP contribution is -2.10. The molecule has 0 fully saturated rings. The summed E-state index contributed by atoms with van der Waals surface area (Å²) >= 11 is 5.74. The molecule has 0 aliphatic carbocycles. The molecule has 0 spiro atoms. The Hall–Kier alpha value is -0.740. The number of anilines is 1. The summed E-state index contributed by atoms with van der Waals surface area (Å²) in [6.07, 6.45) is 1.56. The molecule has 0 saturated carbocycles. The highest BCUT2D eigenvalue weighted by Gasteiger charge is 2.13. The largest absolute Gasteiger partial charge is 0.398 e. The molecule has 3 nitrogen and oxygen atoms in total. The van der Waals surface area contributed by atoms with Crippen LogP contribution in [0.3, 0.4) is 0 Å². The van der Waals surface area contributed by atoms with Gasteiger partial charge in [0.05, 0.1) is 11.5 Å². The number of unbranched alkanes of at least 4 members (excludes halogenated alkanes) is 1. The quantitative estimate of drug-likeness (QED) is 0.829. The standard InChI is InChI=1S/C11H16ClNO2S/c1-2-3-6-16(14,15)8-9-4-5-10(12)7-11(9)13/h4-5,7H,2-3,6,8,13H2,1H3. The predicted molar refractivity (Wildman–Crippen MR) is 68.3 cm³/mol. The second kappa shape index (κ2) is 5.55. The summed E-state index contributed by atoms with van der Waals surface area (Å²) < 4.78 is 23.4. The first-order valence-corrected chi connectivity index (χ1v) is 7.39. The number of hydrogen-bond donors (Lipinski definition) is 1. The van der Waals surface area contributed by atoms with E-state index in [-0.39, 0.29) is 11.5 Å². The van der Waals surface area contributed by atoms with Crippen LogP contribution < -0.4 is 5.73 Å². The molecule has 90 valence electrons. The van der Waals surface area contributed by atoms with Crippen molar-refractivity contribution < 1.29 is 8.42 Å². The first kappa shape index (κ1) is 13.3. The molecule has 0 radical (unpaired) electrons. The Kier molecular flexibility index (Phi) is 4.62. The predicted octanol–water partition coefficient (Wildman–Crippen LogP) is 2.64. The number of hydrogen-bond acceptors (Lipinski definition) is 3. The Morgan fingerprint density at radius 1 is 1.38 bits per heavy atom. The number of halogens is 1. The molecular formula is C11H16ClNO2S. The van der Waals surface area contributed by atoms with Crippen LogP contribution in [0.15, 0.2) is 18.2 Å². The highest BCUT2D eigenvalue weighted by molar-refractivity contribution is 7.90. The molecule has 0 heterocycles. The molecule has 0 aliphatic heterocycles. The third kappa shape index (κ3) is 4.02. The van der Waals surface area contributed by atoms with Crippen molar-refractivity contribution in [1.29, 1.82) is 0 Å². The molecular weight excluding hydrogens is 246 g/mol. The van der Waals surface area contributed by atoms with Crippen LogP contribution in [-0.2, 0) is 15.6 Å². The van der Waals surface area contributed by atoms with E-state index in [0.717, 1.165) is 6.42 Å². The normalized spacial score (nSPS) is 11.6. The summed E-state index contributed by atoms with van der Waals surface area (Å²) in [6.45, 7) is 1.96. The molecule has 0 saturated heterocycles. The monoisotopic (exact) mass is 261 g/mol. The highest BCUT2D eigenvalue weighted by atomic mass is 35.5. The van der Waals surface area contributed by atoms with Crippen molar-refractivity contribution in [2.75, 3.05) is 11.5 Å². The van der Waals surface area contributed by atoms with Gasteiger partial charge in [-0.15, -0.1) is 0 Å². The van der Waals surface area contributed by atoms with Gasteiger partial charge in [0.1, 0.15) is 0 Å². The Morgan fingerprint density at radius 2 is 2.06 bits per heavy atom. The van der Waals surface area contributed by atoms with Crippen LogP contribution in [-0.4, -0.2) is 14.2 Å². The molecule has 0 aromatic heterocycles. The summed E-state index contributed by atoms with van der Waals surface area (Å²) in [7, 11) is -3.06. The van der Waals surface area contributed by atoms with E-state index in [9.17, 15) is 8.42 Å². The zero-order chi connectivity index (χ0) is 12.2. The van der Waals surface area contributed by atoms with Gasteiger partial charge >= 0.3 is 0 Å². The number of benzene rings is 1. The topological polar surface area (TPSA) is 60.2 Å². The zero-order valence-electron chi connectivity index (χ0n) is 9.24. The van der Waals surface area contributed by atoms with E-state index in [0.29, 0.717) is 22.7 Å². The molecule has 0 bridgehead atoms. The maximum absolute atomic E-state index is 11.7. The summed E-state index contributed by atoms with van der Waals surface area (Å²) in [6, 6.07) is 4.90. The van der Waals surface area contributed by atoms with Crippen LogP contribution in [0.25, 0.3) is 0 Å². The molecule has 5 heteroatoms. The van der Waals surface area contributed by atoms with E-state index in [1.807, 2.05) is 6.92 Å². The van der Waals surface area contributed by atoms with Gasteiger partial charge in [0.25, 0.3) is 0 Å². The van der Waals surface area contributed by atoms with Gasteiger partial charge in [-0.1, -0.05) is 31.0 Å². The van der Waals surface area contributed by atoms with Gasteiger partial charge in [-0.3, -0.25) is 0 Å². The fraction of sp³-hybridized carbons (Fsp3) is 0.455. The summed E-state index contributed by atoms with van der Waals surface area (Å²) in [5.41, 5.74) is 6.77. The molecule has 16 heavy (non-hydrogen) atoms. The minimum Gasteiger partial charge on any atom is -0.398 e. The Balaban J connectivity index is 2.80. The smallest absolute Gasteiger partial charge is 0.154 e. The van der Waals surface area contributed by atoms with Crippen molar-refractivity contribution in [1.82, 2.24) is 0 Å². The van der Waals surface area contributed by atoms with Crippen molar-refractivity contribution >= 4 is 27.1 Å². The average molecular weight is 262 g/mol. The van der Waals surface area contributed by atoms with Crippen LogP contribution >= 0.6 is 11.6 Å². The van der Waals surface area contributed by atoms with E-state index in [1.165, 1.54) is 0 Å². The summed E-state index contributed by atoms with van der Waals surface area (Å²) in [5.74, 6) is 0.210. The highest BCUT2D eigenvalue weighted by Crippen LogP contribution is 2.20. The second-order valence-electron chi connectivity index (χ2n) is 3.79. The van der Waals surface area contributed by atoms with Crippen LogP contribution in [0.2, 0.25) is 5.02 Å². The van der Waals surface area contributed by atoms with E-state index < -0.39 is 9.84 Å². The minimum absolute atomic E-state index is 0.00397. The molecule has 0 atom stereocenters. The Labute approximate surface area is 102 Å². The van der Waals surface area contributed by atoms with E-state index in [1.54, 1.807) is 18.2 Å². The van der Waals surface area contributed by atoms with Gasteiger partial charge in [-0.05, 0) is 24.1 Å². The van der Waals surface area contributed by atoms with Crippen molar-refractivity contribution in [3.8, 4) is 0 Å². The lowest BCUT2D eigenvalue weighted by Gasteiger charge is -2.07. The van der Waals surface area contributed by atoms with Gasteiger partial charge in [-0.2, -0.15) is 0 Å². The van der Waals surface area contributed by atoms with Gasteiger partial charge in [-0.25, -0.2) is 8.42 Å². The molecule has 2 N–H and O–H groups in total. The van der Waals surface area contributed by atoms with Gasteiger partial charge in [0.2, 0.25) is 0 Å². The third-order valence-electron chi connectivity index (χ3n) is 2.29. The number of nitrogen functional groups attached to an aromatic ring is 1. The van der Waals surface area contributed by atoms with Crippen molar-refractivity contribution in [2.45, 2.75) is 25.5 Å². The van der Waals surface area contributed by atoms with Gasteiger partial charge < -0.3 is 5.73 Å². The lowest BCUT2D eigenvalue weighted by molar-refractivity contribution is 0.592. The zero-order valence-corrected chi connectivity index (χ0v) is 10.8. The first-order valence-electron chi connectivity index (χ1n) is 5.19. The van der Waals surface area contributed by atoms with E-state index >= 15 is 0 Å². The van der Waals surface area contributed by atoms with Crippen LogP contribution in [0, 0.1) is 0 Å². The average Bonchev–Trinajstić information content (AvgIpc) is 2.19. The Bertz CT molecular complexity index is 457. The fourth-order valence-electron chi connectivity index (χ4n) is 1.37. The maximum atomic E-state index is 11.7. The number of nitrogens with two attached hydrogens (primary N) is 1. The molecule has 1 rings (SSSR count). The lowest BCUT2D eigenvalue weighted by atomic mass is 10.2. The fourth-order valence-corrected chi connectivity index (χ4v) is 3.16.